The van der Waals surface area contributed by atoms with Gasteiger partial charge in [0, 0.05) is 22.7 Å². The number of aliphatic imine (C=N–C) groups is 1. The molecule has 0 aliphatic rings. The second kappa shape index (κ2) is 4.17. The number of nitrogens with zero attached hydrogens (tertiary/aromatic N) is 1. The van der Waals surface area contributed by atoms with Crippen LogP contribution in [0, 0.1) is 0 Å². The highest BCUT2D eigenvalue weighted by Crippen LogP contribution is 2.17. The highest BCUT2D eigenvalue weighted by Gasteiger charge is 2.10. The van der Waals surface area contributed by atoms with Gasteiger partial charge in [0.05, 0.1) is 5.16 Å². The molecule has 0 fully saturated rings. The van der Waals surface area contributed by atoms with Gasteiger partial charge in [0.1, 0.15) is 6.54 Å². The normalized spacial score (nSPS) is 9.87. The molecule has 0 aliphatic carbocycles. The van der Waals surface area contributed by atoms with Gasteiger partial charge < -0.3 is 4.98 Å². The number of benzene rings is 1. The fourth-order valence-corrected chi connectivity index (χ4v) is 1.56. The van der Waals surface area contributed by atoms with Crippen molar-refractivity contribution in [3.63, 3.8) is 0 Å². The first-order valence-electron chi connectivity index (χ1n) is 4.46. The van der Waals surface area contributed by atoms with Crippen LogP contribution in [0.5, 0.6) is 0 Å². The molecule has 0 atom stereocenters. The third kappa shape index (κ3) is 1.86. The van der Waals surface area contributed by atoms with Gasteiger partial charge in [0.2, 0.25) is 0 Å². The number of Topliss-reactive ketones (excluding diaryl/α,β-unsaturated/α-hetero) is 1. The Kier molecular flexibility index (Phi) is 2.72. The van der Waals surface area contributed by atoms with Gasteiger partial charge in [-0.3, -0.25) is 4.79 Å². The third-order valence-electron chi connectivity index (χ3n) is 2.18. The van der Waals surface area contributed by atoms with Crippen LogP contribution in [0.25, 0.3) is 10.9 Å². The molecule has 74 valence electrons. The van der Waals surface area contributed by atoms with Gasteiger partial charge in [-0.2, -0.15) is 0 Å². The lowest BCUT2D eigenvalue weighted by Gasteiger charge is -1.93. The number of hydrogen-bond donors (Lipinski definition) is 1. The predicted octanol–water partition coefficient (Wildman–Crippen LogP) is 2.45. The van der Waals surface area contributed by atoms with E-state index < -0.39 is 0 Å². The summed E-state index contributed by atoms with van der Waals surface area (Å²) in [6.07, 6.45) is 1.70. The summed E-state index contributed by atoms with van der Waals surface area (Å²) < 4.78 is 0. The molecule has 0 spiro atoms. The first kappa shape index (κ1) is 9.77. The molecule has 4 heteroatoms. The van der Waals surface area contributed by atoms with Gasteiger partial charge in [-0.05, 0) is 18.3 Å². The Morgan fingerprint density at radius 2 is 2.27 bits per heavy atom. The number of fused-ring (bicyclic) bond motifs is 1. The fraction of sp³-hybridized carbons (Fsp3) is 0.0909. The Labute approximate surface area is 91.8 Å². The van der Waals surface area contributed by atoms with Crippen molar-refractivity contribution in [1.82, 2.24) is 4.98 Å². The van der Waals surface area contributed by atoms with E-state index in [9.17, 15) is 4.79 Å². The van der Waals surface area contributed by atoms with Gasteiger partial charge in [-0.25, -0.2) is 4.99 Å². The summed E-state index contributed by atoms with van der Waals surface area (Å²) in [7, 11) is 0. The Morgan fingerprint density at radius 3 is 3.07 bits per heavy atom. The lowest BCUT2D eigenvalue weighted by atomic mass is 10.1. The van der Waals surface area contributed by atoms with Crippen molar-refractivity contribution in [3.8, 4) is 0 Å². The molecule has 1 heterocycles. The van der Waals surface area contributed by atoms with E-state index in [1.165, 1.54) is 0 Å². The summed E-state index contributed by atoms with van der Waals surface area (Å²) >= 11 is 4.42. The van der Waals surface area contributed by atoms with Crippen molar-refractivity contribution in [1.29, 1.82) is 0 Å². The number of ketones is 1. The van der Waals surface area contributed by atoms with Crippen LogP contribution in [0.15, 0.2) is 35.5 Å². The molecule has 0 radical (unpaired) electrons. The highest BCUT2D eigenvalue weighted by molar-refractivity contribution is 7.78. The molecule has 1 aromatic heterocycles. The zero-order chi connectivity index (χ0) is 10.7. The molecule has 0 saturated carbocycles. The molecule has 0 saturated heterocycles. The van der Waals surface area contributed by atoms with Crippen molar-refractivity contribution in [2.24, 2.45) is 4.99 Å². The molecule has 2 rings (SSSR count). The molecule has 0 bridgehead atoms. The molecule has 0 amide bonds. The average molecular weight is 216 g/mol. The van der Waals surface area contributed by atoms with E-state index in [1.807, 2.05) is 24.3 Å². The minimum Gasteiger partial charge on any atom is -0.360 e. The summed E-state index contributed by atoms with van der Waals surface area (Å²) in [5, 5.41) is 3.10. The zero-order valence-electron chi connectivity index (χ0n) is 7.86. The minimum absolute atomic E-state index is 0.0511. The summed E-state index contributed by atoms with van der Waals surface area (Å²) in [6, 6.07) is 7.65. The van der Waals surface area contributed by atoms with Crippen LogP contribution in [0.1, 0.15) is 10.4 Å². The number of nitrogens with one attached hydrogen (secondary N) is 1. The van der Waals surface area contributed by atoms with Gasteiger partial charge >= 0.3 is 0 Å². The quantitative estimate of drug-likeness (QED) is 0.486. The van der Waals surface area contributed by atoms with E-state index in [0.29, 0.717) is 5.56 Å². The topological polar surface area (TPSA) is 45.2 Å². The zero-order valence-corrected chi connectivity index (χ0v) is 8.67. The van der Waals surface area contributed by atoms with Crippen LogP contribution in [0.2, 0.25) is 0 Å². The lowest BCUT2D eigenvalue weighted by Crippen LogP contribution is -2.01. The van der Waals surface area contributed by atoms with E-state index in [4.69, 9.17) is 0 Å². The fourth-order valence-electron chi connectivity index (χ4n) is 1.49. The number of rotatable bonds is 3. The summed E-state index contributed by atoms with van der Waals surface area (Å²) in [5.41, 5.74) is 1.60. The van der Waals surface area contributed by atoms with E-state index >= 15 is 0 Å². The van der Waals surface area contributed by atoms with E-state index in [1.54, 1.807) is 6.20 Å². The number of aromatic amines is 1. The van der Waals surface area contributed by atoms with E-state index in [2.05, 4.69) is 27.4 Å². The first-order valence-corrected chi connectivity index (χ1v) is 4.86. The largest absolute Gasteiger partial charge is 0.360 e. The van der Waals surface area contributed by atoms with Crippen LogP contribution >= 0.6 is 12.2 Å². The van der Waals surface area contributed by atoms with Crippen molar-refractivity contribution < 1.29 is 4.79 Å². The monoisotopic (exact) mass is 216 g/mol. The minimum atomic E-state index is -0.0511. The molecule has 0 unspecified atom stereocenters. The number of isothiocyanates is 1. The van der Waals surface area contributed by atoms with Crippen molar-refractivity contribution in [2.75, 3.05) is 6.54 Å². The summed E-state index contributed by atoms with van der Waals surface area (Å²) in [5.74, 6) is -0.0511. The second-order valence-corrected chi connectivity index (χ2v) is 3.26. The number of thiocarbonyl (C=S) groups is 1. The average Bonchev–Trinajstić information content (AvgIpc) is 2.69. The van der Waals surface area contributed by atoms with Gasteiger partial charge in [0.15, 0.2) is 5.78 Å². The molecule has 3 nitrogen and oxygen atoms in total. The Balaban J connectivity index is 2.43. The van der Waals surface area contributed by atoms with Gasteiger partial charge in [-0.15, -0.1) is 0 Å². The smallest absolute Gasteiger partial charge is 0.187 e. The lowest BCUT2D eigenvalue weighted by molar-refractivity contribution is 0.100. The first-order chi connectivity index (χ1) is 7.33. The van der Waals surface area contributed by atoms with Crippen LogP contribution in [0.3, 0.4) is 0 Å². The number of carbonyl (C=O) groups is 1. The molecule has 15 heavy (non-hydrogen) atoms. The standard InChI is InChI=1S/C11H8N2OS/c14-11(6-12-7-15)9-5-13-10-4-2-1-3-8(9)10/h1-5,13H,6H2. The predicted molar refractivity (Wildman–Crippen MR) is 62.5 cm³/mol. The molecule has 2 aromatic rings. The number of H-pyrrole nitrogens is 1. The van der Waals surface area contributed by atoms with Crippen LogP contribution in [-0.2, 0) is 0 Å². The van der Waals surface area contributed by atoms with Crippen molar-refractivity contribution in [3.05, 3.63) is 36.0 Å². The Morgan fingerprint density at radius 1 is 1.47 bits per heavy atom. The van der Waals surface area contributed by atoms with Crippen LogP contribution in [-0.4, -0.2) is 22.5 Å². The van der Waals surface area contributed by atoms with Gasteiger partial charge in [0.25, 0.3) is 0 Å². The second-order valence-electron chi connectivity index (χ2n) is 3.08. The van der Waals surface area contributed by atoms with E-state index in [-0.39, 0.29) is 12.3 Å². The molecule has 1 N–H and O–H groups in total. The molecular formula is C11H8N2OS. The summed E-state index contributed by atoms with van der Waals surface area (Å²) in [4.78, 5) is 18.4. The van der Waals surface area contributed by atoms with Crippen molar-refractivity contribution >= 4 is 34.1 Å². The maximum atomic E-state index is 11.7. The maximum Gasteiger partial charge on any atom is 0.187 e. The van der Waals surface area contributed by atoms with Crippen molar-refractivity contribution in [2.45, 2.75) is 0 Å². The number of aromatic nitrogens is 1. The van der Waals surface area contributed by atoms with Crippen LogP contribution < -0.4 is 0 Å². The summed E-state index contributed by atoms with van der Waals surface area (Å²) in [6.45, 7) is 0.0609. The van der Waals surface area contributed by atoms with E-state index in [0.717, 1.165) is 10.9 Å². The van der Waals surface area contributed by atoms with Crippen LogP contribution in [0.4, 0.5) is 0 Å². The SMILES string of the molecule is O=C(CN=C=S)c1c[nH]c2ccccc12. The molecular weight excluding hydrogens is 208 g/mol. The third-order valence-corrected chi connectivity index (χ3v) is 2.31. The van der Waals surface area contributed by atoms with Gasteiger partial charge in [-0.1, -0.05) is 18.2 Å². The number of para-hydroxylation sites is 1. The highest BCUT2D eigenvalue weighted by atomic mass is 32.1. The molecule has 0 aliphatic heterocycles. The molecule has 1 aromatic carbocycles. The number of hydrogen-bond acceptors (Lipinski definition) is 3. The number of carbonyl (C=O) groups excluding carboxylic acids is 1. The Hall–Kier alpha value is -1.77. The maximum absolute atomic E-state index is 11.7. The Bertz CT molecular complexity index is 552.